The lowest BCUT2D eigenvalue weighted by Gasteiger charge is -2.32. The summed E-state index contributed by atoms with van der Waals surface area (Å²) in [5.74, 6) is 0.104. The van der Waals surface area contributed by atoms with Crippen molar-refractivity contribution in [2.75, 3.05) is 19.7 Å². The fourth-order valence-corrected chi connectivity index (χ4v) is 3.49. The molecule has 1 saturated heterocycles. The van der Waals surface area contributed by atoms with Crippen molar-refractivity contribution in [1.29, 1.82) is 0 Å². The Morgan fingerprint density at radius 3 is 2.69 bits per heavy atom. The molecule has 2 aromatic rings. The first-order valence-electron chi connectivity index (χ1n) is 9.57. The number of carbonyl (C=O) groups excluding carboxylic acids is 1. The Kier molecular flexibility index (Phi) is 6.09. The third kappa shape index (κ3) is 4.52. The number of piperidine rings is 1. The molecule has 0 unspecified atom stereocenters. The van der Waals surface area contributed by atoms with Crippen molar-refractivity contribution in [3.8, 4) is 0 Å². The lowest BCUT2D eigenvalue weighted by atomic mass is 10.1. The van der Waals surface area contributed by atoms with E-state index < -0.39 is 0 Å². The van der Waals surface area contributed by atoms with Gasteiger partial charge in [-0.15, -0.1) is 0 Å². The highest BCUT2D eigenvalue weighted by Gasteiger charge is 2.24. The van der Waals surface area contributed by atoms with Gasteiger partial charge in [-0.2, -0.15) is 5.10 Å². The molecule has 140 valence electrons. The minimum Gasteiger partial charge on any atom is -0.376 e. The molecule has 0 N–H and O–H groups in total. The summed E-state index contributed by atoms with van der Waals surface area (Å²) in [6.45, 7) is 9.19. The summed E-state index contributed by atoms with van der Waals surface area (Å²) in [5, 5.41) is 4.50. The second-order valence-electron chi connectivity index (χ2n) is 7.17. The van der Waals surface area contributed by atoms with Crippen LogP contribution in [-0.2, 0) is 11.3 Å². The number of nitrogens with zero attached hydrogens (tertiary/aromatic N) is 3. The molecule has 0 radical (unpaired) electrons. The first kappa shape index (κ1) is 18.6. The molecule has 0 bridgehead atoms. The van der Waals surface area contributed by atoms with Gasteiger partial charge < -0.3 is 9.64 Å². The zero-order chi connectivity index (χ0) is 18.5. The Hall–Kier alpha value is -2.14. The van der Waals surface area contributed by atoms with E-state index in [-0.39, 0.29) is 12.0 Å². The van der Waals surface area contributed by atoms with Gasteiger partial charge >= 0.3 is 0 Å². The Bertz CT molecular complexity index is 736. The Morgan fingerprint density at radius 2 is 2.04 bits per heavy atom. The normalized spacial score (nSPS) is 17.5. The predicted octanol–water partition coefficient (Wildman–Crippen LogP) is 3.58. The van der Waals surface area contributed by atoms with Crippen LogP contribution in [0.4, 0.5) is 0 Å². The molecule has 5 heteroatoms. The molecule has 0 aliphatic carbocycles. The number of likely N-dealkylation sites (tertiary alicyclic amines) is 1. The molecule has 0 spiro atoms. The van der Waals surface area contributed by atoms with Crippen molar-refractivity contribution in [2.24, 2.45) is 0 Å². The molecule has 1 aliphatic rings. The highest BCUT2D eigenvalue weighted by molar-refractivity contribution is 5.94. The minimum atomic E-state index is 0.104. The summed E-state index contributed by atoms with van der Waals surface area (Å²) in [6, 6.07) is 9.99. The summed E-state index contributed by atoms with van der Waals surface area (Å²) in [6.07, 6.45) is 3.25. The first-order valence-corrected chi connectivity index (χ1v) is 9.57. The van der Waals surface area contributed by atoms with Crippen LogP contribution in [0.5, 0.6) is 0 Å². The molecule has 5 nitrogen and oxygen atoms in total. The number of hydrogen-bond donors (Lipinski definition) is 0. The molecule has 0 saturated carbocycles. The molecule has 1 fully saturated rings. The van der Waals surface area contributed by atoms with Crippen LogP contribution in [0.15, 0.2) is 30.3 Å². The summed E-state index contributed by atoms with van der Waals surface area (Å²) >= 11 is 0. The number of benzene rings is 1. The number of hydrogen-bond acceptors (Lipinski definition) is 3. The van der Waals surface area contributed by atoms with Gasteiger partial charge in [0.1, 0.15) is 0 Å². The van der Waals surface area contributed by atoms with Crippen LogP contribution in [0.2, 0.25) is 0 Å². The van der Waals surface area contributed by atoms with E-state index in [0.717, 1.165) is 61.5 Å². The predicted molar refractivity (Wildman–Crippen MR) is 102 cm³/mol. The topological polar surface area (TPSA) is 47.4 Å². The smallest absolute Gasteiger partial charge is 0.253 e. The Morgan fingerprint density at radius 1 is 1.27 bits per heavy atom. The zero-order valence-electron chi connectivity index (χ0n) is 16.1. The van der Waals surface area contributed by atoms with Gasteiger partial charge in [0.05, 0.1) is 18.3 Å². The van der Waals surface area contributed by atoms with Crippen LogP contribution < -0.4 is 0 Å². The van der Waals surface area contributed by atoms with E-state index in [2.05, 4.69) is 25.0 Å². The second kappa shape index (κ2) is 8.49. The van der Waals surface area contributed by atoms with Gasteiger partial charge in [0.15, 0.2) is 0 Å². The Balaban J connectivity index is 1.62. The fraction of sp³-hybridized carbons (Fsp3) is 0.524. The number of aryl methyl sites for hydroxylation is 2. The molecule has 26 heavy (non-hydrogen) atoms. The molecule has 1 atom stereocenters. The van der Waals surface area contributed by atoms with Crippen molar-refractivity contribution < 1.29 is 9.53 Å². The summed E-state index contributed by atoms with van der Waals surface area (Å²) in [5.41, 5.74) is 4.07. The number of ether oxygens (including phenoxy) is 1. The van der Waals surface area contributed by atoms with E-state index in [4.69, 9.17) is 4.74 Å². The zero-order valence-corrected chi connectivity index (χ0v) is 16.1. The minimum absolute atomic E-state index is 0.104. The maximum absolute atomic E-state index is 12.8. The third-order valence-corrected chi connectivity index (χ3v) is 4.86. The average Bonchev–Trinajstić information content (AvgIpc) is 2.97. The SMILES string of the molecule is CCCO[C@@H]1CCCN(C(=O)c2ccc(Cn3nc(C)cc3C)cc2)C1. The molecule has 2 heterocycles. The maximum atomic E-state index is 12.8. The van der Waals surface area contributed by atoms with Crippen LogP contribution in [0.3, 0.4) is 0 Å². The van der Waals surface area contributed by atoms with Crippen LogP contribution >= 0.6 is 0 Å². The van der Waals surface area contributed by atoms with E-state index in [9.17, 15) is 4.79 Å². The van der Waals surface area contributed by atoms with E-state index in [1.807, 2.05) is 40.8 Å². The quantitative estimate of drug-likeness (QED) is 0.796. The second-order valence-corrected chi connectivity index (χ2v) is 7.17. The lowest BCUT2D eigenvalue weighted by molar-refractivity contribution is 0.00211. The molecule has 3 rings (SSSR count). The van der Waals surface area contributed by atoms with Gasteiger partial charge in [0, 0.05) is 31.0 Å². The number of carbonyl (C=O) groups is 1. The summed E-state index contributed by atoms with van der Waals surface area (Å²) in [4.78, 5) is 14.7. The number of amides is 1. The van der Waals surface area contributed by atoms with E-state index in [0.29, 0.717) is 6.54 Å². The Labute approximate surface area is 156 Å². The highest BCUT2D eigenvalue weighted by atomic mass is 16.5. The van der Waals surface area contributed by atoms with Gasteiger partial charge in [-0.25, -0.2) is 0 Å². The fourth-order valence-electron chi connectivity index (χ4n) is 3.49. The van der Waals surface area contributed by atoms with E-state index >= 15 is 0 Å². The highest BCUT2D eigenvalue weighted by Crippen LogP contribution is 2.17. The molecule has 1 aliphatic heterocycles. The van der Waals surface area contributed by atoms with Crippen molar-refractivity contribution in [2.45, 2.75) is 52.7 Å². The van der Waals surface area contributed by atoms with Crippen molar-refractivity contribution in [3.63, 3.8) is 0 Å². The van der Waals surface area contributed by atoms with Crippen molar-refractivity contribution in [1.82, 2.24) is 14.7 Å². The van der Waals surface area contributed by atoms with Gasteiger partial charge in [0.25, 0.3) is 5.91 Å². The third-order valence-electron chi connectivity index (χ3n) is 4.86. The summed E-state index contributed by atoms with van der Waals surface area (Å²) < 4.78 is 7.84. The van der Waals surface area contributed by atoms with Gasteiger partial charge in [-0.05, 0) is 56.9 Å². The van der Waals surface area contributed by atoms with Crippen molar-refractivity contribution in [3.05, 3.63) is 52.8 Å². The standard InChI is InChI=1S/C21H29N3O2/c1-4-12-26-20-6-5-11-23(15-20)21(25)19-9-7-18(8-10-19)14-24-17(3)13-16(2)22-24/h7-10,13,20H,4-6,11-12,14-15H2,1-3H3/t20-/m1/s1. The maximum Gasteiger partial charge on any atom is 0.253 e. The van der Waals surface area contributed by atoms with Crippen LogP contribution in [0, 0.1) is 13.8 Å². The molecule has 1 aromatic carbocycles. The molecular weight excluding hydrogens is 326 g/mol. The van der Waals surface area contributed by atoms with Gasteiger partial charge in [-0.1, -0.05) is 19.1 Å². The van der Waals surface area contributed by atoms with E-state index in [1.54, 1.807) is 0 Å². The van der Waals surface area contributed by atoms with Gasteiger partial charge in [0.2, 0.25) is 0 Å². The largest absolute Gasteiger partial charge is 0.376 e. The van der Waals surface area contributed by atoms with Crippen molar-refractivity contribution >= 4 is 5.91 Å². The number of aromatic nitrogens is 2. The molecule has 1 amide bonds. The van der Waals surface area contributed by atoms with Crippen LogP contribution in [0.1, 0.15) is 53.5 Å². The van der Waals surface area contributed by atoms with E-state index in [1.165, 1.54) is 0 Å². The average molecular weight is 355 g/mol. The summed E-state index contributed by atoms with van der Waals surface area (Å²) in [7, 11) is 0. The van der Waals surface area contributed by atoms with Crippen LogP contribution in [0.25, 0.3) is 0 Å². The first-order chi connectivity index (χ1) is 12.6. The monoisotopic (exact) mass is 355 g/mol. The molecular formula is C21H29N3O2. The van der Waals surface area contributed by atoms with Crippen LogP contribution in [-0.4, -0.2) is 46.4 Å². The number of rotatable bonds is 6. The van der Waals surface area contributed by atoms with Gasteiger partial charge in [-0.3, -0.25) is 9.48 Å². The molecule has 1 aromatic heterocycles. The lowest BCUT2D eigenvalue weighted by Crippen LogP contribution is -2.43.